The topological polar surface area (TPSA) is 49.8 Å². The van der Waals surface area contributed by atoms with Gasteiger partial charge in [-0.05, 0) is 74.2 Å². The molecule has 29 heavy (non-hydrogen) atoms. The first-order chi connectivity index (χ1) is 13.9. The molecule has 2 aromatic rings. The maximum Gasteiger partial charge on any atom is 0.306 e. The lowest BCUT2D eigenvalue weighted by Crippen LogP contribution is -2.38. The van der Waals surface area contributed by atoms with Crippen molar-refractivity contribution >= 4 is 29.2 Å². The summed E-state index contributed by atoms with van der Waals surface area (Å²) in [4.78, 5) is 13.5. The van der Waals surface area contributed by atoms with Crippen molar-refractivity contribution in [1.29, 1.82) is 0 Å². The Morgan fingerprint density at radius 1 is 1.17 bits per heavy atom. The Morgan fingerprint density at radius 2 is 1.86 bits per heavy atom. The molecular formula is C22H22Cl2FNO3. The second-order valence-electron chi connectivity index (χ2n) is 7.67. The van der Waals surface area contributed by atoms with E-state index in [4.69, 9.17) is 27.9 Å². The Morgan fingerprint density at radius 3 is 2.52 bits per heavy atom. The number of carboxylic acids is 1. The Bertz CT molecular complexity index is 908. The summed E-state index contributed by atoms with van der Waals surface area (Å²) in [7, 11) is 0. The smallest absolute Gasteiger partial charge is 0.306 e. The Balaban J connectivity index is 1.47. The van der Waals surface area contributed by atoms with Gasteiger partial charge in [0.1, 0.15) is 6.61 Å². The van der Waals surface area contributed by atoms with Crippen molar-refractivity contribution in [3.05, 3.63) is 62.9 Å². The first-order valence-electron chi connectivity index (χ1n) is 9.79. The zero-order chi connectivity index (χ0) is 20.5. The predicted molar refractivity (Wildman–Crippen MR) is 110 cm³/mol. The monoisotopic (exact) mass is 437 g/mol. The van der Waals surface area contributed by atoms with Crippen LogP contribution in [0.4, 0.5) is 4.39 Å². The van der Waals surface area contributed by atoms with E-state index in [1.54, 1.807) is 30.3 Å². The molecule has 1 aliphatic carbocycles. The number of hydrogen-bond acceptors (Lipinski definition) is 3. The molecule has 0 amide bonds. The van der Waals surface area contributed by atoms with E-state index in [9.17, 15) is 14.3 Å². The van der Waals surface area contributed by atoms with Crippen molar-refractivity contribution in [1.82, 2.24) is 4.90 Å². The summed E-state index contributed by atoms with van der Waals surface area (Å²) in [5.41, 5.74) is 2.70. The first kappa shape index (κ1) is 20.5. The highest BCUT2D eigenvalue weighted by atomic mass is 35.5. The summed E-state index contributed by atoms with van der Waals surface area (Å²) in [6.07, 6.45) is 3.04. The number of rotatable bonds is 5. The third kappa shape index (κ3) is 4.23. The van der Waals surface area contributed by atoms with Crippen LogP contribution in [0.1, 0.15) is 42.0 Å². The fourth-order valence-electron chi connectivity index (χ4n) is 4.35. The molecule has 1 N–H and O–H groups in total. The Labute approximate surface area is 179 Å². The number of aryl methyl sites for hydroxylation is 1. The molecule has 1 saturated heterocycles. The maximum atomic E-state index is 14.8. The fourth-order valence-corrected chi connectivity index (χ4v) is 4.86. The predicted octanol–water partition coefficient (Wildman–Crippen LogP) is 5.50. The van der Waals surface area contributed by atoms with Crippen molar-refractivity contribution in [3.8, 4) is 5.75 Å². The van der Waals surface area contributed by atoms with Crippen molar-refractivity contribution in [3.63, 3.8) is 0 Å². The number of halogens is 3. The van der Waals surface area contributed by atoms with Gasteiger partial charge in [-0.25, -0.2) is 4.39 Å². The second-order valence-corrected chi connectivity index (χ2v) is 8.49. The lowest BCUT2D eigenvalue weighted by Gasteiger charge is -2.35. The number of hydrogen-bond donors (Lipinski definition) is 1. The highest BCUT2D eigenvalue weighted by molar-refractivity contribution is 6.35. The van der Waals surface area contributed by atoms with E-state index >= 15 is 0 Å². The molecule has 2 aliphatic rings. The lowest BCUT2D eigenvalue weighted by molar-refractivity contribution is -0.143. The number of carboxylic acid groups (broad SMARTS) is 1. The number of fused-ring (bicyclic) bond motifs is 1. The van der Waals surface area contributed by atoms with Gasteiger partial charge in [-0.3, -0.25) is 9.69 Å². The van der Waals surface area contributed by atoms with Crippen molar-refractivity contribution in [2.45, 2.75) is 38.3 Å². The van der Waals surface area contributed by atoms with Crippen molar-refractivity contribution < 1.29 is 19.0 Å². The van der Waals surface area contributed by atoms with Crippen LogP contribution >= 0.6 is 23.2 Å². The molecule has 2 aromatic carbocycles. The van der Waals surface area contributed by atoms with Crippen molar-refractivity contribution in [2.24, 2.45) is 5.92 Å². The van der Waals surface area contributed by atoms with Crippen LogP contribution in [0, 0.1) is 11.7 Å². The minimum Gasteiger partial charge on any atom is -0.486 e. The molecule has 4 rings (SSSR count). The second kappa shape index (κ2) is 8.50. The van der Waals surface area contributed by atoms with Gasteiger partial charge in [-0.2, -0.15) is 0 Å². The van der Waals surface area contributed by atoms with E-state index < -0.39 is 11.8 Å². The number of ether oxygens (including phenoxy) is 1. The number of carbonyl (C=O) groups is 1. The molecule has 0 spiro atoms. The van der Waals surface area contributed by atoms with Crippen molar-refractivity contribution in [2.75, 3.05) is 13.1 Å². The Hall–Kier alpha value is -1.82. The Kier molecular flexibility index (Phi) is 6.00. The van der Waals surface area contributed by atoms with Gasteiger partial charge in [-0.15, -0.1) is 0 Å². The number of aliphatic carboxylic acids is 1. The molecule has 7 heteroatoms. The summed E-state index contributed by atoms with van der Waals surface area (Å²) >= 11 is 12.3. The van der Waals surface area contributed by atoms with Gasteiger partial charge in [0.05, 0.1) is 5.92 Å². The first-order valence-corrected chi connectivity index (χ1v) is 10.5. The molecule has 0 bridgehead atoms. The fraction of sp³-hybridized carbons (Fsp3) is 0.409. The molecule has 1 atom stereocenters. The third-order valence-corrected chi connectivity index (χ3v) is 6.70. The minimum atomic E-state index is -0.720. The minimum absolute atomic E-state index is 0.0976. The van der Waals surface area contributed by atoms with E-state index in [1.807, 2.05) is 0 Å². The van der Waals surface area contributed by atoms with Crippen LogP contribution in [0.5, 0.6) is 5.75 Å². The van der Waals surface area contributed by atoms with Gasteiger partial charge in [0.15, 0.2) is 11.6 Å². The van der Waals surface area contributed by atoms with Gasteiger partial charge in [0.25, 0.3) is 0 Å². The van der Waals surface area contributed by atoms with Gasteiger partial charge in [0, 0.05) is 21.7 Å². The van der Waals surface area contributed by atoms with Gasteiger partial charge in [-0.1, -0.05) is 29.3 Å². The average molecular weight is 438 g/mol. The number of likely N-dealkylation sites (tertiary alicyclic amines) is 1. The summed E-state index contributed by atoms with van der Waals surface area (Å²) in [5, 5.41) is 10.2. The molecule has 0 saturated carbocycles. The highest BCUT2D eigenvalue weighted by Crippen LogP contribution is 2.40. The molecule has 0 radical (unpaired) electrons. The van der Waals surface area contributed by atoms with Crippen LogP contribution in [0.15, 0.2) is 30.3 Å². The molecule has 1 fully saturated rings. The SMILES string of the molecule is O=C(O)C1CCN(C2CCc3cc(OCc4c(Cl)cccc4Cl)c(F)cc32)CC1. The molecule has 1 heterocycles. The van der Waals surface area contributed by atoms with Crippen LogP contribution in [0.3, 0.4) is 0 Å². The van der Waals surface area contributed by atoms with E-state index in [-0.39, 0.29) is 24.3 Å². The van der Waals surface area contributed by atoms with Crippen LogP contribution in [0.25, 0.3) is 0 Å². The summed E-state index contributed by atoms with van der Waals surface area (Å²) in [6, 6.07) is 8.69. The van der Waals surface area contributed by atoms with Gasteiger partial charge < -0.3 is 9.84 Å². The third-order valence-electron chi connectivity index (χ3n) is 5.99. The maximum absolute atomic E-state index is 14.8. The van der Waals surface area contributed by atoms with E-state index in [1.165, 1.54) is 0 Å². The summed E-state index contributed by atoms with van der Waals surface area (Å²) in [5.74, 6) is -1.19. The van der Waals surface area contributed by atoms with Gasteiger partial charge in [0.2, 0.25) is 0 Å². The zero-order valence-electron chi connectivity index (χ0n) is 15.8. The number of piperidine rings is 1. The normalized spacial score (nSPS) is 19.9. The van der Waals surface area contributed by atoms with Gasteiger partial charge >= 0.3 is 5.97 Å². The van der Waals surface area contributed by atoms with Crippen LogP contribution < -0.4 is 4.74 Å². The molecule has 1 aliphatic heterocycles. The number of benzene rings is 2. The number of nitrogens with zero attached hydrogens (tertiary/aromatic N) is 1. The zero-order valence-corrected chi connectivity index (χ0v) is 17.3. The average Bonchev–Trinajstić information content (AvgIpc) is 3.10. The summed E-state index contributed by atoms with van der Waals surface area (Å²) in [6.45, 7) is 1.55. The van der Waals surface area contributed by atoms with E-state index in [0.717, 1.165) is 37.1 Å². The highest BCUT2D eigenvalue weighted by Gasteiger charge is 2.33. The molecular weight excluding hydrogens is 416 g/mol. The quantitative estimate of drug-likeness (QED) is 0.670. The molecule has 154 valence electrons. The molecule has 0 aromatic heterocycles. The van der Waals surface area contributed by atoms with E-state index in [2.05, 4.69) is 4.90 Å². The molecule has 4 nitrogen and oxygen atoms in total. The van der Waals surface area contributed by atoms with Crippen LogP contribution in [-0.2, 0) is 17.8 Å². The van der Waals surface area contributed by atoms with Crippen LogP contribution in [0.2, 0.25) is 10.0 Å². The van der Waals surface area contributed by atoms with E-state index in [0.29, 0.717) is 28.5 Å². The van der Waals surface area contributed by atoms with Crippen LogP contribution in [-0.4, -0.2) is 29.1 Å². The largest absolute Gasteiger partial charge is 0.486 e. The lowest BCUT2D eigenvalue weighted by atomic mass is 9.95. The summed E-state index contributed by atoms with van der Waals surface area (Å²) < 4.78 is 20.5. The molecule has 1 unspecified atom stereocenters. The standard InChI is InChI=1S/C22H22Cl2FNO3/c23-17-2-1-3-18(24)16(17)12-29-21-10-14-4-5-20(15(14)11-19(21)25)26-8-6-13(7-9-26)22(27)28/h1-3,10-11,13,20H,4-9,12H2,(H,27,28).